The van der Waals surface area contributed by atoms with Crippen molar-refractivity contribution >= 4 is 11.8 Å². The highest BCUT2D eigenvalue weighted by Gasteiger charge is 2.04. The van der Waals surface area contributed by atoms with Crippen LogP contribution in [0.4, 0.5) is 0 Å². The molecule has 0 aliphatic heterocycles. The van der Waals surface area contributed by atoms with E-state index in [2.05, 4.69) is 48.8 Å². The van der Waals surface area contributed by atoms with Crippen molar-refractivity contribution in [3.05, 3.63) is 65.2 Å². The first-order valence-electron chi connectivity index (χ1n) is 6.59. The first-order valence-corrected chi connectivity index (χ1v) is 7.82. The molecule has 2 aromatic rings. The molecule has 2 nitrogen and oxygen atoms in total. The van der Waals surface area contributed by atoms with Gasteiger partial charge in [-0.2, -0.15) is 5.26 Å². The maximum atomic E-state index is 8.79. The Labute approximate surface area is 124 Å². The van der Waals surface area contributed by atoms with Crippen molar-refractivity contribution in [3.8, 4) is 6.07 Å². The summed E-state index contributed by atoms with van der Waals surface area (Å²) >= 11 is 1.76. The zero-order valence-corrected chi connectivity index (χ0v) is 12.6. The second kappa shape index (κ2) is 7.14. The fraction of sp³-hybridized carbons (Fsp3) is 0.235. The standard InChI is InChI=1S/C17H18N2S/c1-13(16-7-3-14(11-18)4-8-16)19-12-15-5-9-17(20-2)10-6-15/h3-10,13,19H,12H2,1-2H3. The van der Waals surface area contributed by atoms with Crippen molar-refractivity contribution in [2.24, 2.45) is 0 Å². The van der Waals surface area contributed by atoms with Crippen molar-refractivity contribution in [2.75, 3.05) is 6.26 Å². The van der Waals surface area contributed by atoms with E-state index in [1.807, 2.05) is 24.3 Å². The molecule has 0 saturated heterocycles. The summed E-state index contributed by atoms with van der Waals surface area (Å²) in [6.45, 7) is 2.98. The van der Waals surface area contributed by atoms with Crippen molar-refractivity contribution < 1.29 is 0 Å². The number of thioether (sulfide) groups is 1. The molecule has 20 heavy (non-hydrogen) atoms. The average Bonchev–Trinajstić information content (AvgIpc) is 2.53. The second-order valence-electron chi connectivity index (χ2n) is 4.68. The maximum absolute atomic E-state index is 8.79. The number of nitrogens with zero attached hydrogens (tertiary/aromatic N) is 1. The Kier molecular flexibility index (Phi) is 5.23. The van der Waals surface area contributed by atoms with Crippen LogP contribution in [0.1, 0.15) is 29.7 Å². The van der Waals surface area contributed by atoms with Gasteiger partial charge in [0.05, 0.1) is 11.6 Å². The van der Waals surface area contributed by atoms with Gasteiger partial charge in [0.2, 0.25) is 0 Å². The molecule has 0 fully saturated rings. The molecule has 1 atom stereocenters. The zero-order chi connectivity index (χ0) is 14.4. The Hall–Kier alpha value is -1.76. The normalized spacial score (nSPS) is 11.8. The highest BCUT2D eigenvalue weighted by atomic mass is 32.2. The Morgan fingerprint density at radius 1 is 1.10 bits per heavy atom. The molecule has 0 heterocycles. The third-order valence-electron chi connectivity index (χ3n) is 3.31. The zero-order valence-electron chi connectivity index (χ0n) is 11.8. The highest BCUT2D eigenvalue weighted by molar-refractivity contribution is 7.98. The lowest BCUT2D eigenvalue weighted by molar-refractivity contribution is 0.574. The Bertz CT molecular complexity index is 582. The lowest BCUT2D eigenvalue weighted by Crippen LogP contribution is -2.17. The molecule has 0 amide bonds. The summed E-state index contributed by atoms with van der Waals surface area (Å²) in [7, 11) is 0. The lowest BCUT2D eigenvalue weighted by atomic mass is 10.1. The predicted molar refractivity (Wildman–Crippen MR) is 84.6 cm³/mol. The number of nitrogens with one attached hydrogen (secondary N) is 1. The van der Waals surface area contributed by atoms with Gasteiger partial charge in [-0.3, -0.25) is 0 Å². The summed E-state index contributed by atoms with van der Waals surface area (Å²) in [5.74, 6) is 0. The minimum absolute atomic E-state index is 0.267. The van der Waals surface area contributed by atoms with Crippen LogP contribution < -0.4 is 5.32 Å². The van der Waals surface area contributed by atoms with Gasteiger partial charge in [-0.15, -0.1) is 11.8 Å². The summed E-state index contributed by atoms with van der Waals surface area (Å²) in [6.07, 6.45) is 2.08. The number of nitriles is 1. The van der Waals surface area contributed by atoms with Crippen molar-refractivity contribution in [3.63, 3.8) is 0 Å². The molecule has 3 heteroatoms. The van der Waals surface area contributed by atoms with Gasteiger partial charge in [0.1, 0.15) is 0 Å². The molecule has 1 unspecified atom stereocenters. The number of benzene rings is 2. The summed E-state index contributed by atoms with van der Waals surface area (Å²) in [5.41, 5.74) is 3.18. The van der Waals surface area contributed by atoms with E-state index in [1.165, 1.54) is 16.0 Å². The van der Waals surface area contributed by atoms with E-state index in [0.717, 1.165) is 6.54 Å². The molecule has 0 aliphatic rings. The molecule has 2 aromatic carbocycles. The van der Waals surface area contributed by atoms with Crippen LogP contribution in [-0.4, -0.2) is 6.26 Å². The van der Waals surface area contributed by atoms with Crippen molar-refractivity contribution in [1.29, 1.82) is 5.26 Å². The fourth-order valence-electron chi connectivity index (χ4n) is 1.98. The van der Waals surface area contributed by atoms with Gasteiger partial charge in [-0.1, -0.05) is 24.3 Å². The lowest BCUT2D eigenvalue weighted by Gasteiger charge is -2.14. The van der Waals surface area contributed by atoms with Crippen LogP contribution in [0.25, 0.3) is 0 Å². The van der Waals surface area contributed by atoms with Crippen LogP contribution >= 0.6 is 11.8 Å². The van der Waals surface area contributed by atoms with Gasteiger partial charge >= 0.3 is 0 Å². The average molecular weight is 282 g/mol. The summed E-state index contributed by atoms with van der Waals surface area (Å²) in [4.78, 5) is 1.29. The van der Waals surface area contributed by atoms with E-state index in [1.54, 1.807) is 11.8 Å². The second-order valence-corrected chi connectivity index (χ2v) is 5.56. The monoisotopic (exact) mass is 282 g/mol. The molecular weight excluding hydrogens is 264 g/mol. The van der Waals surface area contributed by atoms with E-state index >= 15 is 0 Å². The van der Waals surface area contributed by atoms with Crippen LogP contribution in [-0.2, 0) is 6.54 Å². The highest BCUT2D eigenvalue weighted by Crippen LogP contribution is 2.17. The van der Waals surface area contributed by atoms with E-state index in [-0.39, 0.29) is 6.04 Å². The van der Waals surface area contributed by atoms with Crippen LogP contribution in [0, 0.1) is 11.3 Å². The van der Waals surface area contributed by atoms with E-state index < -0.39 is 0 Å². The first kappa shape index (κ1) is 14.6. The Morgan fingerprint density at radius 3 is 2.30 bits per heavy atom. The minimum atomic E-state index is 0.267. The SMILES string of the molecule is CSc1ccc(CNC(C)c2ccc(C#N)cc2)cc1. The number of hydrogen-bond acceptors (Lipinski definition) is 3. The van der Waals surface area contributed by atoms with Crippen molar-refractivity contribution in [1.82, 2.24) is 5.32 Å². The van der Waals surface area contributed by atoms with Gasteiger partial charge < -0.3 is 5.32 Å². The van der Waals surface area contributed by atoms with Crippen molar-refractivity contribution in [2.45, 2.75) is 24.4 Å². The predicted octanol–water partition coefficient (Wildman–Crippen LogP) is 4.13. The van der Waals surface area contributed by atoms with Gasteiger partial charge in [-0.05, 0) is 48.6 Å². The van der Waals surface area contributed by atoms with Crippen LogP contribution in [0.3, 0.4) is 0 Å². The minimum Gasteiger partial charge on any atom is -0.306 e. The molecule has 0 spiro atoms. The number of hydrogen-bond donors (Lipinski definition) is 1. The Balaban J connectivity index is 1.93. The maximum Gasteiger partial charge on any atom is 0.0991 e. The molecule has 102 valence electrons. The van der Waals surface area contributed by atoms with Crippen LogP contribution in [0.5, 0.6) is 0 Å². The molecule has 0 radical (unpaired) electrons. The summed E-state index contributed by atoms with van der Waals surface area (Å²) < 4.78 is 0. The van der Waals surface area contributed by atoms with E-state index in [0.29, 0.717) is 5.56 Å². The summed E-state index contributed by atoms with van der Waals surface area (Å²) in [5, 5.41) is 12.3. The molecule has 0 bridgehead atoms. The molecule has 2 rings (SSSR count). The van der Waals surface area contributed by atoms with E-state index in [9.17, 15) is 0 Å². The third kappa shape index (κ3) is 3.86. The van der Waals surface area contributed by atoms with Gasteiger partial charge in [-0.25, -0.2) is 0 Å². The number of rotatable bonds is 5. The smallest absolute Gasteiger partial charge is 0.0991 e. The molecular formula is C17H18N2S. The Morgan fingerprint density at radius 2 is 1.75 bits per heavy atom. The van der Waals surface area contributed by atoms with E-state index in [4.69, 9.17) is 5.26 Å². The van der Waals surface area contributed by atoms with Crippen LogP contribution in [0.2, 0.25) is 0 Å². The topological polar surface area (TPSA) is 35.8 Å². The third-order valence-corrected chi connectivity index (χ3v) is 4.05. The fourth-order valence-corrected chi connectivity index (χ4v) is 2.39. The molecule has 0 aromatic heterocycles. The quantitative estimate of drug-likeness (QED) is 0.838. The first-order chi connectivity index (χ1) is 9.72. The van der Waals surface area contributed by atoms with Crippen LogP contribution in [0.15, 0.2) is 53.4 Å². The largest absolute Gasteiger partial charge is 0.306 e. The molecule has 1 N–H and O–H groups in total. The van der Waals surface area contributed by atoms with Gasteiger partial charge in [0.25, 0.3) is 0 Å². The molecule has 0 aliphatic carbocycles. The van der Waals surface area contributed by atoms with Gasteiger partial charge in [0, 0.05) is 17.5 Å². The van der Waals surface area contributed by atoms with Gasteiger partial charge in [0.15, 0.2) is 0 Å². The molecule has 0 saturated carbocycles. The summed E-state index contributed by atoms with van der Waals surface area (Å²) in [6, 6.07) is 18.8.